The van der Waals surface area contributed by atoms with Crippen molar-refractivity contribution in [1.82, 2.24) is 14.3 Å². The summed E-state index contributed by atoms with van der Waals surface area (Å²) in [4.78, 5) is 2.38. The molecule has 3 aromatic carbocycles. The number of fused-ring (bicyclic) bond motifs is 1. The van der Waals surface area contributed by atoms with Crippen LogP contribution in [0.25, 0.3) is 22.3 Å². The van der Waals surface area contributed by atoms with Gasteiger partial charge in [0.25, 0.3) is 0 Å². The van der Waals surface area contributed by atoms with Gasteiger partial charge in [-0.2, -0.15) is 5.10 Å². The Morgan fingerprint density at radius 1 is 0.935 bits per heavy atom. The Bertz CT molecular complexity index is 1400. The average molecular weight is 448 g/mol. The monoisotopic (exact) mass is 447 g/mol. The standard InChI is InChI=1S/C25H19ClFN3S/c1-16-4-3-5-22(12-16)31-25-17(2)30(24-13-18(26)6-11-23(24)25)21-14-28-29(15-21)20-9-7-19(27)8-10-20/h3-15H,1-2H3. The number of halogens is 2. The predicted molar refractivity (Wildman–Crippen MR) is 125 cm³/mol. The van der Waals surface area contributed by atoms with Crippen LogP contribution in [-0.4, -0.2) is 14.3 Å². The molecule has 0 saturated carbocycles. The van der Waals surface area contributed by atoms with Crippen molar-refractivity contribution in [2.75, 3.05) is 0 Å². The molecule has 2 aromatic heterocycles. The number of nitrogens with zero attached hydrogens (tertiary/aromatic N) is 3. The summed E-state index contributed by atoms with van der Waals surface area (Å²) < 4.78 is 17.2. The molecular formula is C25H19ClFN3S. The van der Waals surface area contributed by atoms with Gasteiger partial charge >= 0.3 is 0 Å². The zero-order chi connectivity index (χ0) is 21.5. The highest BCUT2D eigenvalue weighted by Gasteiger charge is 2.18. The van der Waals surface area contributed by atoms with Crippen LogP contribution in [0.3, 0.4) is 0 Å². The number of hydrogen-bond acceptors (Lipinski definition) is 2. The lowest BCUT2D eigenvalue weighted by Gasteiger charge is -2.07. The molecule has 6 heteroatoms. The molecule has 0 fully saturated rings. The predicted octanol–water partition coefficient (Wildman–Crippen LogP) is 7.38. The molecule has 0 spiro atoms. The third kappa shape index (κ3) is 3.75. The minimum atomic E-state index is -0.268. The third-order valence-corrected chi connectivity index (χ3v) is 6.68. The van der Waals surface area contributed by atoms with Crippen LogP contribution in [0.5, 0.6) is 0 Å². The van der Waals surface area contributed by atoms with E-state index in [9.17, 15) is 4.39 Å². The summed E-state index contributed by atoms with van der Waals surface area (Å²) >= 11 is 8.11. The summed E-state index contributed by atoms with van der Waals surface area (Å²) in [6.45, 7) is 4.21. The Morgan fingerprint density at radius 2 is 1.74 bits per heavy atom. The second-order valence-corrected chi connectivity index (χ2v) is 8.97. The van der Waals surface area contributed by atoms with Crippen molar-refractivity contribution in [3.63, 3.8) is 0 Å². The first-order chi connectivity index (χ1) is 15.0. The van der Waals surface area contributed by atoms with E-state index in [0.29, 0.717) is 5.02 Å². The Kier molecular flexibility index (Phi) is 5.08. The Labute approximate surface area is 189 Å². The third-order valence-electron chi connectivity index (χ3n) is 5.24. The SMILES string of the molecule is Cc1cccc(Sc2c(C)n(-c3cnn(-c4ccc(F)cc4)c3)c3cc(Cl)ccc23)c1. The lowest BCUT2D eigenvalue weighted by atomic mass is 10.2. The van der Waals surface area contributed by atoms with E-state index in [0.717, 1.165) is 28.0 Å². The lowest BCUT2D eigenvalue weighted by Crippen LogP contribution is -1.96. The summed E-state index contributed by atoms with van der Waals surface area (Å²) in [6.07, 6.45) is 3.76. The van der Waals surface area contributed by atoms with Gasteiger partial charge in [-0.25, -0.2) is 9.07 Å². The number of hydrogen-bond donors (Lipinski definition) is 0. The molecule has 5 rings (SSSR count). The van der Waals surface area contributed by atoms with Crippen molar-refractivity contribution >= 4 is 34.3 Å². The van der Waals surface area contributed by atoms with Crippen molar-refractivity contribution in [2.45, 2.75) is 23.6 Å². The van der Waals surface area contributed by atoms with E-state index >= 15 is 0 Å². The van der Waals surface area contributed by atoms with Gasteiger partial charge in [0.05, 0.1) is 29.3 Å². The Morgan fingerprint density at radius 3 is 2.52 bits per heavy atom. The maximum absolute atomic E-state index is 13.3. The smallest absolute Gasteiger partial charge is 0.123 e. The van der Waals surface area contributed by atoms with Gasteiger partial charge < -0.3 is 4.57 Å². The number of aromatic nitrogens is 3. The first-order valence-corrected chi connectivity index (χ1v) is 11.0. The summed E-state index contributed by atoms with van der Waals surface area (Å²) in [5, 5.41) is 6.33. The molecule has 2 heterocycles. The van der Waals surface area contributed by atoms with E-state index < -0.39 is 0 Å². The van der Waals surface area contributed by atoms with E-state index in [1.807, 2.05) is 24.5 Å². The van der Waals surface area contributed by atoms with Crippen LogP contribution in [0.4, 0.5) is 4.39 Å². The van der Waals surface area contributed by atoms with E-state index in [4.69, 9.17) is 11.6 Å². The fourth-order valence-corrected chi connectivity index (χ4v) is 5.10. The van der Waals surface area contributed by atoms with Gasteiger partial charge in [0.1, 0.15) is 5.82 Å². The highest BCUT2D eigenvalue weighted by molar-refractivity contribution is 7.99. The van der Waals surface area contributed by atoms with E-state index in [1.54, 1.807) is 28.6 Å². The molecule has 0 radical (unpaired) electrons. The number of rotatable bonds is 4. The second kappa shape index (κ2) is 7.91. The highest BCUT2D eigenvalue weighted by Crippen LogP contribution is 2.40. The largest absolute Gasteiger partial charge is 0.310 e. The summed E-state index contributed by atoms with van der Waals surface area (Å²) in [5.74, 6) is -0.268. The average Bonchev–Trinajstić information content (AvgIpc) is 3.32. The van der Waals surface area contributed by atoms with Crippen LogP contribution in [0.15, 0.2) is 88.9 Å². The van der Waals surface area contributed by atoms with Crippen LogP contribution in [-0.2, 0) is 0 Å². The quantitative estimate of drug-likeness (QED) is 0.287. The first-order valence-electron chi connectivity index (χ1n) is 9.86. The molecule has 0 aliphatic carbocycles. The van der Waals surface area contributed by atoms with Crippen LogP contribution < -0.4 is 0 Å². The Hall–Kier alpha value is -3.02. The number of aryl methyl sites for hydroxylation is 1. The van der Waals surface area contributed by atoms with Crippen LogP contribution in [0, 0.1) is 19.7 Å². The van der Waals surface area contributed by atoms with Gasteiger partial charge in [-0.15, -0.1) is 0 Å². The van der Waals surface area contributed by atoms with Crippen molar-refractivity contribution in [3.05, 3.63) is 101 Å². The van der Waals surface area contributed by atoms with Crippen molar-refractivity contribution in [2.24, 2.45) is 0 Å². The van der Waals surface area contributed by atoms with Crippen molar-refractivity contribution < 1.29 is 4.39 Å². The van der Waals surface area contributed by atoms with E-state index in [2.05, 4.69) is 53.8 Å². The van der Waals surface area contributed by atoms with Crippen molar-refractivity contribution in [1.29, 1.82) is 0 Å². The van der Waals surface area contributed by atoms with Gasteiger partial charge in [-0.3, -0.25) is 0 Å². The van der Waals surface area contributed by atoms with Gasteiger partial charge in [-0.1, -0.05) is 47.1 Å². The molecule has 3 nitrogen and oxygen atoms in total. The van der Waals surface area contributed by atoms with E-state index in [-0.39, 0.29) is 5.82 Å². The minimum absolute atomic E-state index is 0.268. The molecule has 31 heavy (non-hydrogen) atoms. The van der Waals surface area contributed by atoms with Crippen LogP contribution in [0.2, 0.25) is 5.02 Å². The summed E-state index contributed by atoms with van der Waals surface area (Å²) in [7, 11) is 0. The molecule has 0 unspecified atom stereocenters. The molecule has 5 aromatic rings. The van der Waals surface area contributed by atoms with Gasteiger partial charge in [-0.05, 0) is 62.4 Å². The fraction of sp³-hybridized carbons (Fsp3) is 0.0800. The second-order valence-electron chi connectivity index (χ2n) is 7.45. The molecule has 0 aliphatic rings. The summed E-state index contributed by atoms with van der Waals surface area (Å²) in [6, 6.07) is 20.8. The topological polar surface area (TPSA) is 22.8 Å². The zero-order valence-electron chi connectivity index (χ0n) is 17.0. The highest BCUT2D eigenvalue weighted by atomic mass is 35.5. The molecule has 0 bridgehead atoms. The molecule has 154 valence electrons. The molecule has 0 atom stereocenters. The molecule has 0 aliphatic heterocycles. The first kappa shape index (κ1) is 19.9. The zero-order valence-corrected chi connectivity index (χ0v) is 18.6. The van der Waals surface area contributed by atoms with Gasteiger partial charge in [0, 0.05) is 25.9 Å². The Balaban J connectivity index is 1.64. The summed E-state index contributed by atoms with van der Waals surface area (Å²) in [5.41, 5.74) is 5.09. The molecule has 0 N–H and O–H groups in total. The van der Waals surface area contributed by atoms with Gasteiger partial charge in [0.2, 0.25) is 0 Å². The molecule has 0 saturated heterocycles. The molecule has 0 amide bonds. The van der Waals surface area contributed by atoms with Gasteiger partial charge in [0.15, 0.2) is 0 Å². The molecular weight excluding hydrogens is 429 g/mol. The minimum Gasteiger partial charge on any atom is -0.310 e. The fourth-order valence-electron chi connectivity index (χ4n) is 3.78. The number of benzene rings is 3. The normalized spacial score (nSPS) is 11.4. The maximum Gasteiger partial charge on any atom is 0.123 e. The maximum atomic E-state index is 13.3. The van der Waals surface area contributed by atoms with Crippen LogP contribution >= 0.6 is 23.4 Å². The van der Waals surface area contributed by atoms with E-state index in [1.165, 1.54) is 27.5 Å². The van der Waals surface area contributed by atoms with Crippen molar-refractivity contribution in [3.8, 4) is 11.4 Å². The lowest BCUT2D eigenvalue weighted by molar-refractivity contribution is 0.627. The van der Waals surface area contributed by atoms with Crippen LogP contribution in [0.1, 0.15) is 11.3 Å².